The van der Waals surface area contributed by atoms with Crippen molar-refractivity contribution in [3.63, 3.8) is 0 Å². The normalized spacial score (nSPS) is 15.7. The maximum atomic E-state index is 10.8. The summed E-state index contributed by atoms with van der Waals surface area (Å²) >= 11 is -0.878. The highest BCUT2D eigenvalue weighted by Gasteiger charge is 1.99. The van der Waals surface area contributed by atoms with Gasteiger partial charge in [0, 0.05) is 0 Å². The van der Waals surface area contributed by atoms with E-state index >= 15 is 0 Å². The van der Waals surface area contributed by atoms with Gasteiger partial charge in [-0.25, -0.2) is 0 Å². The Morgan fingerprint density at radius 1 is 1.60 bits per heavy atom. The van der Waals surface area contributed by atoms with Gasteiger partial charge in [0.05, 0.1) is 0 Å². The number of hydrogen-bond donors (Lipinski definition) is 0. The van der Waals surface area contributed by atoms with Gasteiger partial charge in [0.1, 0.15) is 11.2 Å². The molecule has 0 N–H and O–H groups in total. The van der Waals surface area contributed by atoms with E-state index in [0.717, 1.165) is 4.91 Å². The summed E-state index contributed by atoms with van der Waals surface area (Å²) in [5, 5.41) is 0. The fourth-order valence-electron chi connectivity index (χ4n) is 0.521. The Morgan fingerprint density at radius 2 is 2.20 bits per heavy atom. The fourth-order valence-corrected chi connectivity index (χ4v) is 1.12. The van der Waals surface area contributed by atoms with E-state index in [2.05, 4.69) is 6.58 Å². The summed E-state index contributed by atoms with van der Waals surface area (Å²) in [6, 6.07) is 0. The van der Waals surface area contributed by atoms with Crippen LogP contribution in [-0.2, 0) is 11.2 Å². The monoisotopic (exact) mass is 156 g/mol. The van der Waals surface area contributed by atoms with Crippen LogP contribution in [-0.4, -0.2) is 10.8 Å². The third-order valence-corrected chi connectivity index (χ3v) is 2.05. The van der Waals surface area contributed by atoms with Gasteiger partial charge in [-0.3, -0.25) is 0 Å². The molecule has 0 aromatic heterocycles. The summed E-state index contributed by atoms with van der Waals surface area (Å²) < 4.78 is 10.8. The summed E-state index contributed by atoms with van der Waals surface area (Å²) in [4.78, 5) is 0.833. The number of hydrogen-bond acceptors (Lipinski definition) is 1. The van der Waals surface area contributed by atoms with Gasteiger partial charge in [0.25, 0.3) is 0 Å². The topological polar surface area (TPSA) is 23.1 Å². The van der Waals surface area contributed by atoms with Crippen LogP contribution in [0.4, 0.5) is 0 Å². The highest BCUT2D eigenvalue weighted by Crippen LogP contribution is 2.05. The van der Waals surface area contributed by atoms with Gasteiger partial charge >= 0.3 is 0 Å². The first kappa shape index (κ1) is 9.53. The Bertz CT molecular complexity index is 157. The van der Waals surface area contributed by atoms with Crippen molar-refractivity contribution in [2.75, 3.05) is 6.26 Å². The molecule has 10 heavy (non-hydrogen) atoms. The van der Waals surface area contributed by atoms with Crippen molar-refractivity contribution in [2.24, 2.45) is 0 Å². The summed E-state index contributed by atoms with van der Waals surface area (Å²) in [6.45, 7) is 5.38. The molecule has 0 heterocycles. The van der Waals surface area contributed by atoms with Crippen LogP contribution in [0.5, 0.6) is 0 Å². The molecule has 0 aliphatic rings. The maximum absolute atomic E-state index is 10.8. The van der Waals surface area contributed by atoms with Crippen molar-refractivity contribution >= 4 is 11.2 Å². The molecule has 1 nitrogen and oxygen atoms in total. The molecule has 1 unspecified atom stereocenters. The van der Waals surface area contributed by atoms with E-state index in [1.54, 1.807) is 24.5 Å². The molecular weight excluding hydrogens is 144 g/mol. The van der Waals surface area contributed by atoms with E-state index in [-0.39, 0.29) is 0 Å². The SMILES string of the molecule is C=C/C=C\C(=C/C)[S+](C)[O-]. The summed E-state index contributed by atoms with van der Waals surface area (Å²) in [7, 11) is 0. The van der Waals surface area contributed by atoms with Crippen LogP contribution in [0.25, 0.3) is 0 Å². The van der Waals surface area contributed by atoms with E-state index in [0.29, 0.717) is 0 Å². The van der Waals surface area contributed by atoms with Crippen LogP contribution in [0.1, 0.15) is 6.92 Å². The van der Waals surface area contributed by atoms with Gasteiger partial charge in [-0.05, 0) is 30.3 Å². The van der Waals surface area contributed by atoms with Crippen molar-refractivity contribution in [1.82, 2.24) is 0 Å². The molecule has 0 saturated carbocycles. The number of rotatable bonds is 3. The molecule has 0 aliphatic heterocycles. The second-order valence-electron chi connectivity index (χ2n) is 1.74. The fraction of sp³-hybridized carbons (Fsp3) is 0.250. The quantitative estimate of drug-likeness (QED) is 0.453. The summed E-state index contributed by atoms with van der Waals surface area (Å²) in [5.74, 6) is 0. The first-order valence-electron chi connectivity index (χ1n) is 3.01. The molecule has 0 radical (unpaired) electrons. The molecule has 2 heteroatoms. The zero-order valence-electron chi connectivity index (χ0n) is 6.33. The van der Waals surface area contributed by atoms with Gasteiger partial charge in [-0.15, -0.1) is 0 Å². The Labute approximate surface area is 65.3 Å². The molecule has 0 fully saturated rings. The van der Waals surface area contributed by atoms with E-state index in [1.807, 2.05) is 13.0 Å². The zero-order valence-corrected chi connectivity index (χ0v) is 7.15. The van der Waals surface area contributed by atoms with Crippen molar-refractivity contribution in [2.45, 2.75) is 6.92 Å². The van der Waals surface area contributed by atoms with Crippen molar-refractivity contribution in [3.8, 4) is 0 Å². The minimum atomic E-state index is -0.878. The Morgan fingerprint density at radius 3 is 2.50 bits per heavy atom. The van der Waals surface area contributed by atoms with Gasteiger partial charge < -0.3 is 4.55 Å². The third kappa shape index (κ3) is 3.54. The molecule has 0 amide bonds. The second kappa shape index (κ2) is 5.33. The lowest BCUT2D eigenvalue weighted by atomic mass is 10.4. The predicted molar refractivity (Wildman–Crippen MR) is 47.2 cm³/mol. The van der Waals surface area contributed by atoms with Crippen LogP contribution in [0.3, 0.4) is 0 Å². The third-order valence-electron chi connectivity index (χ3n) is 1.01. The average molecular weight is 156 g/mol. The smallest absolute Gasteiger partial charge is 0.148 e. The van der Waals surface area contributed by atoms with Crippen molar-refractivity contribution in [1.29, 1.82) is 0 Å². The number of allylic oxidation sites excluding steroid dienone is 4. The molecule has 0 saturated heterocycles. The zero-order chi connectivity index (χ0) is 7.98. The molecule has 0 spiro atoms. The van der Waals surface area contributed by atoms with E-state index in [1.165, 1.54) is 0 Å². The minimum Gasteiger partial charge on any atom is -0.612 e. The van der Waals surface area contributed by atoms with Crippen LogP contribution in [0.2, 0.25) is 0 Å². The Hall–Kier alpha value is -0.470. The van der Waals surface area contributed by atoms with Gasteiger partial charge in [0.2, 0.25) is 0 Å². The molecule has 56 valence electrons. The minimum absolute atomic E-state index is 0.833. The first-order chi connectivity index (χ1) is 4.72. The Balaban J connectivity index is 4.10. The van der Waals surface area contributed by atoms with Crippen LogP contribution >= 0.6 is 0 Å². The Kier molecular flexibility index (Phi) is 5.08. The maximum Gasteiger partial charge on any atom is 0.148 e. The second-order valence-corrected chi connectivity index (χ2v) is 3.12. The molecule has 0 bridgehead atoms. The van der Waals surface area contributed by atoms with Crippen LogP contribution in [0.15, 0.2) is 35.8 Å². The first-order valence-corrected chi connectivity index (χ1v) is 4.57. The average Bonchev–Trinajstić information content (AvgIpc) is 1.89. The molecule has 0 rings (SSSR count). The molecule has 1 atom stereocenters. The predicted octanol–water partition coefficient (Wildman–Crippen LogP) is 2.01. The van der Waals surface area contributed by atoms with Crippen molar-refractivity contribution < 1.29 is 4.55 Å². The van der Waals surface area contributed by atoms with Crippen LogP contribution < -0.4 is 0 Å². The van der Waals surface area contributed by atoms with Gasteiger partial charge in [0.15, 0.2) is 0 Å². The van der Waals surface area contributed by atoms with E-state index in [4.69, 9.17) is 0 Å². The summed E-state index contributed by atoms with van der Waals surface area (Å²) in [5.41, 5.74) is 0. The highest BCUT2D eigenvalue weighted by molar-refractivity contribution is 7.94. The lowest BCUT2D eigenvalue weighted by molar-refractivity contribution is 0.607. The molecule has 0 aliphatic carbocycles. The van der Waals surface area contributed by atoms with E-state index < -0.39 is 11.2 Å². The van der Waals surface area contributed by atoms with Gasteiger partial charge in [-0.2, -0.15) is 0 Å². The van der Waals surface area contributed by atoms with Gasteiger partial charge in [-0.1, -0.05) is 18.7 Å². The molecule has 0 aromatic carbocycles. The largest absolute Gasteiger partial charge is 0.612 e. The summed E-state index contributed by atoms with van der Waals surface area (Å²) in [6.07, 6.45) is 8.72. The van der Waals surface area contributed by atoms with E-state index in [9.17, 15) is 4.55 Å². The van der Waals surface area contributed by atoms with Crippen LogP contribution in [0, 0.1) is 0 Å². The lowest BCUT2D eigenvalue weighted by Crippen LogP contribution is -1.97. The standard InChI is InChI=1S/C8H12OS/c1-4-6-7-8(5-2)10(3)9/h4-7H,1H2,2-3H3/b7-6-,8-5+. The lowest BCUT2D eigenvalue weighted by Gasteiger charge is -2.02. The molecule has 0 aromatic rings. The highest BCUT2D eigenvalue weighted by atomic mass is 32.2. The van der Waals surface area contributed by atoms with Crippen molar-refractivity contribution in [3.05, 3.63) is 35.8 Å². The molecular formula is C8H12OS.